The average Bonchev–Trinajstić information content (AvgIpc) is 3.08. The fraction of sp³-hybridized carbons (Fsp3) is 0.286. The third-order valence-electron chi connectivity index (χ3n) is 4.71. The van der Waals surface area contributed by atoms with Crippen molar-refractivity contribution in [3.63, 3.8) is 0 Å². The molecule has 0 atom stereocenters. The lowest BCUT2D eigenvalue weighted by molar-refractivity contribution is -0.136. The topological polar surface area (TPSA) is 60.2 Å². The number of para-hydroxylation sites is 1. The minimum Gasteiger partial charge on any atom is -0.487 e. The van der Waals surface area contributed by atoms with Crippen LogP contribution in [-0.2, 0) is 17.8 Å². The smallest absolute Gasteiger partial charge is 0.227 e. The van der Waals surface area contributed by atoms with Crippen molar-refractivity contribution in [2.45, 2.75) is 26.0 Å². The first kappa shape index (κ1) is 17.3. The van der Waals surface area contributed by atoms with Crippen LogP contribution in [0, 0.1) is 6.92 Å². The molecule has 2 aromatic carbocycles. The summed E-state index contributed by atoms with van der Waals surface area (Å²) in [6, 6.07) is 17.9. The Morgan fingerprint density at radius 2 is 1.96 bits per heavy atom. The van der Waals surface area contributed by atoms with Crippen LogP contribution in [-0.4, -0.2) is 38.9 Å². The van der Waals surface area contributed by atoms with Crippen molar-refractivity contribution in [2.75, 3.05) is 13.1 Å². The Morgan fingerprint density at radius 1 is 1.15 bits per heavy atom. The summed E-state index contributed by atoms with van der Waals surface area (Å²) in [4.78, 5) is 14.3. The van der Waals surface area contributed by atoms with Crippen LogP contribution in [0.15, 0.2) is 60.8 Å². The zero-order chi connectivity index (χ0) is 18.6. The van der Waals surface area contributed by atoms with E-state index in [2.05, 4.69) is 16.4 Å². The van der Waals surface area contributed by atoms with Crippen molar-refractivity contribution in [1.29, 1.82) is 0 Å². The zero-order valence-electron chi connectivity index (χ0n) is 15.3. The van der Waals surface area contributed by atoms with E-state index in [0.717, 1.165) is 17.0 Å². The van der Waals surface area contributed by atoms with Crippen LogP contribution in [0.1, 0.15) is 22.9 Å². The number of hydrogen-bond donors (Lipinski definition) is 0. The second kappa shape index (κ2) is 7.61. The van der Waals surface area contributed by atoms with Crippen molar-refractivity contribution < 1.29 is 9.53 Å². The van der Waals surface area contributed by atoms with Crippen LogP contribution < -0.4 is 4.74 Å². The molecule has 4 rings (SSSR count). The largest absolute Gasteiger partial charge is 0.487 e. The van der Waals surface area contributed by atoms with E-state index in [9.17, 15) is 4.79 Å². The zero-order valence-corrected chi connectivity index (χ0v) is 15.3. The minimum atomic E-state index is 0.157. The van der Waals surface area contributed by atoms with Gasteiger partial charge in [0, 0.05) is 13.1 Å². The third-order valence-corrected chi connectivity index (χ3v) is 4.71. The van der Waals surface area contributed by atoms with Gasteiger partial charge in [-0.3, -0.25) is 4.79 Å². The summed E-state index contributed by atoms with van der Waals surface area (Å²) in [5.41, 5.74) is 3.02. The van der Waals surface area contributed by atoms with Crippen molar-refractivity contribution >= 4 is 5.91 Å². The van der Waals surface area contributed by atoms with Gasteiger partial charge >= 0.3 is 0 Å². The third kappa shape index (κ3) is 4.16. The normalized spacial score (nSPS) is 14.0. The molecule has 1 saturated heterocycles. The Morgan fingerprint density at radius 3 is 2.74 bits per heavy atom. The van der Waals surface area contributed by atoms with Gasteiger partial charge in [-0.05, 0) is 24.6 Å². The summed E-state index contributed by atoms with van der Waals surface area (Å²) in [5.74, 6) is 0.966. The standard InChI is InChI=1S/C21H22N4O2/c1-16-6-5-7-17(10-16)11-21(26)24-13-19(14-24)25-12-18(22-23-25)15-27-20-8-3-2-4-9-20/h2-10,12,19H,11,13-15H2,1H3. The van der Waals surface area contributed by atoms with Gasteiger partial charge in [0.2, 0.25) is 5.91 Å². The highest BCUT2D eigenvalue weighted by molar-refractivity contribution is 5.79. The van der Waals surface area contributed by atoms with Crippen LogP contribution in [0.3, 0.4) is 0 Å². The molecule has 1 fully saturated rings. The van der Waals surface area contributed by atoms with Crippen LogP contribution in [0.2, 0.25) is 0 Å². The van der Waals surface area contributed by atoms with Gasteiger partial charge < -0.3 is 9.64 Å². The first-order chi connectivity index (χ1) is 13.2. The molecular weight excluding hydrogens is 340 g/mol. The first-order valence-corrected chi connectivity index (χ1v) is 9.09. The van der Waals surface area contributed by atoms with E-state index in [1.54, 1.807) is 0 Å². The molecule has 27 heavy (non-hydrogen) atoms. The minimum absolute atomic E-state index is 0.157. The predicted octanol–water partition coefficient (Wildman–Crippen LogP) is 2.79. The fourth-order valence-corrected chi connectivity index (χ4v) is 3.17. The molecule has 3 aromatic rings. The highest BCUT2D eigenvalue weighted by atomic mass is 16.5. The summed E-state index contributed by atoms with van der Waals surface area (Å²) < 4.78 is 7.53. The number of carbonyl (C=O) groups is 1. The van der Waals surface area contributed by atoms with Gasteiger partial charge in [0.25, 0.3) is 0 Å². The number of benzene rings is 2. The molecule has 1 amide bonds. The quantitative estimate of drug-likeness (QED) is 0.677. The molecule has 0 radical (unpaired) electrons. The van der Waals surface area contributed by atoms with Gasteiger partial charge in [-0.1, -0.05) is 53.2 Å². The second-order valence-corrected chi connectivity index (χ2v) is 6.91. The van der Waals surface area contributed by atoms with Gasteiger partial charge in [-0.15, -0.1) is 5.10 Å². The van der Waals surface area contributed by atoms with E-state index in [1.807, 2.05) is 71.2 Å². The van der Waals surface area contributed by atoms with Crippen LogP contribution in [0.25, 0.3) is 0 Å². The highest BCUT2D eigenvalue weighted by Crippen LogP contribution is 2.22. The van der Waals surface area contributed by atoms with E-state index in [1.165, 1.54) is 5.56 Å². The SMILES string of the molecule is Cc1cccc(CC(=O)N2CC(n3cc(COc4ccccc4)nn3)C2)c1. The summed E-state index contributed by atoms with van der Waals surface area (Å²) >= 11 is 0. The monoisotopic (exact) mass is 362 g/mol. The van der Waals surface area contributed by atoms with Gasteiger partial charge in [0.05, 0.1) is 18.7 Å². The molecule has 0 N–H and O–H groups in total. The molecular formula is C21H22N4O2. The molecule has 0 bridgehead atoms. The lowest BCUT2D eigenvalue weighted by Gasteiger charge is -2.39. The number of aryl methyl sites for hydroxylation is 1. The number of nitrogens with zero attached hydrogens (tertiary/aromatic N) is 4. The van der Waals surface area contributed by atoms with Gasteiger partial charge in [-0.25, -0.2) is 4.68 Å². The molecule has 0 spiro atoms. The molecule has 138 valence electrons. The second-order valence-electron chi connectivity index (χ2n) is 6.91. The van der Waals surface area contributed by atoms with Crippen LogP contribution in [0.5, 0.6) is 5.75 Å². The Balaban J connectivity index is 1.27. The van der Waals surface area contributed by atoms with Gasteiger partial charge in [0.15, 0.2) is 0 Å². The number of likely N-dealkylation sites (tertiary alicyclic amines) is 1. The van der Waals surface area contributed by atoms with Gasteiger partial charge in [-0.2, -0.15) is 0 Å². The van der Waals surface area contributed by atoms with Crippen molar-refractivity contribution in [3.8, 4) is 5.75 Å². The molecule has 0 saturated carbocycles. The number of aromatic nitrogens is 3. The van der Waals surface area contributed by atoms with E-state index < -0.39 is 0 Å². The number of ether oxygens (including phenoxy) is 1. The fourth-order valence-electron chi connectivity index (χ4n) is 3.17. The Bertz CT molecular complexity index is 917. The maximum atomic E-state index is 12.4. The number of rotatable bonds is 6. The number of hydrogen-bond acceptors (Lipinski definition) is 4. The lowest BCUT2D eigenvalue weighted by Crippen LogP contribution is -2.51. The predicted molar refractivity (Wildman–Crippen MR) is 101 cm³/mol. The molecule has 1 aliphatic heterocycles. The Kier molecular flexibility index (Phi) is 4.87. The lowest BCUT2D eigenvalue weighted by atomic mass is 10.0. The van der Waals surface area contributed by atoms with Crippen molar-refractivity contribution in [3.05, 3.63) is 77.6 Å². The van der Waals surface area contributed by atoms with E-state index in [0.29, 0.717) is 26.1 Å². The number of carbonyl (C=O) groups excluding carboxylic acids is 1. The Labute approximate surface area is 158 Å². The van der Waals surface area contributed by atoms with Crippen LogP contribution in [0.4, 0.5) is 0 Å². The van der Waals surface area contributed by atoms with Crippen molar-refractivity contribution in [1.82, 2.24) is 19.9 Å². The summed E-state index contributed by atoms with van der Waals surface area (Å²) in [7, 11) is 0. The molecule has 0 aliphatic carbocycles. The maximum absolute atomic E-state index is 12.4. The summed E-state index contributed by atoms with van der Waals surface area (Å²) in [6.45, 7) is 3.77. The van der Waals surface area contributed by atoms with E-state index >= 15 is 0 Å². The molecule has 0 unspecified atom stereocenters. The molecule has 1 aliphatic rings. The Hall–Kier alpha value is -3.15. The molecule has 1 aromatic heterocycles. The average molecular weight is 362 g/mol. The van der Waals surface area contributed by atoms with E-state index in [-0.39, 0.29) is 11.9 Å². The maximum Gasteiger partial charge on any atom is 0.227 e. The van der Waals surface area contributed by atoms with Crippen LogP contribution >= 0.6 is 0 Å². The molecule has 2 heterocycles. The summed E-state index contributed by atoms with van der Waals surface area (Å²) in [6.07, 6.45) is 2.35. The highest BCUT2D eigenvalue weighted by Gasteiger charge is 2.32. The number of amides is 1. The van der Waals surface area contributed by atoms with Crippen molar-refractivity contribution in [2.24, 2.45) is 0 Å². The van der Waals surface area contributed by atoms with Gasteiger partial charge in [0.1, 0.15) is 18.1 Å². The summed E-state index contributed by atoms with van der Waals surface area (Å²) in [5, 5.41) is 8.35. The molecule has 6 heteroatoms. The first-order valence-electron chi connectivity index (χ1n) is 9.09. The molecule has 6 nitrogen and oxygen atoms in total. The van der Waals surface area contributed by atoms with E-state index in [4.69, 9.17) is 4.74 Å².